The van der Waals surface area contributed by atoms with Crippen LogP contribution in [0.3, 0.4) is 0 Å². The lowest BCUT2D eigenvalue weighted by atomic mass is 9.89. The van der Waals surface area contributed by atoms with Gasteiger partial charge in [-0.2, -0.15) is 0 Å². The molecular formula is C7H12O2S. The molecule has 0 atom stereocenters. The van der Waals surface area contributed by atoms with Crippen LogP contribution in [0.1, 0.15) is 27.2 Å². The molecule has 0 saturated heterocycles. The van der Waals surface area contributed by atoms with Crippen LogP contribution in [0.15, 0.2) is 0 Å². The van der Waals surface area contributed by atoms with Gasteiger partial charge in [0.15, 0.2) is 5.12 Å². The minimum atomic E-state index is -0.602. The van der Waals surface area contributed by atoms with Crippen molar-refractivity contribution in [3.8, 4) is 0 Å². The van der Waals surface area contributed by atoms with Crippen molar-refractivity contribution in [3.05, 3.63) is 0 Å². The molecule has 0 aromatic rings. The van der Waals surface area contributed by atoms with E-state index in [1.807, 2.05) is 0 Å². The minimum Gasteiger partial charge on any atom is -0.300 e. The number of Topliss-reactive ketones (excluding diaryl/α,β-unsaturated/α-hetero) is 1. The first-order valence-corrected chi connectivity index (χ1v) is 3.54. The number of thiol groups is 1. The Labute approximate surface area is 66.4 Å². The molecule has 0 aromatic heterocycles. The molecule has 0 fully saturated rings. The lowest BCUT2D eigenvalue weighted by Crippen LogP contribution is -2.22. The maximum Gasteiger partial charge on any atom is 0.191 e. The summed E-state index contributed by atoms with van der Waals surface area (Å²) in [7, 11) is 0. The van der Waals surface area contributed by atoms with Crippen LogP contribution in [0.4, 0.5) is 0 Å². The van der Waals surface area contributed by atoms with Crippen LogP contribution in [0.2, 0.25) is 0 Å². The number of hydrogen-bond acceptors (Lipinski definition) is 2. The second-order valence-corrected chi connectivity index (χ2v) is 3.47. The molecule has 0 aliphatic rings. The summed E-state index contributed by atoms with van der Waals surface area (Å²) < 4.78 is 0. The zero-order valence-electron chi connectivity index (χ0n) is 6.47. The lowest BCUT2D eigenvalue weighted by molar-refractivity contribution is -0.125. The van der Waals surface area contributed by atoms with Gasteiger partial charge in [-0.25, -0.2) is 0 Å². The summed E-state index contributed by atoms with van der Waals surface area (Å²) in [6.45, 7) is 4.89. The summed E-state index contributed by atoms with van der Waals surface area (Å²) in [6.07, 6.45) is 0.273. The molecule has 0 aliphatic carbocycles. The number of carbonyl (C=O) groups excluding carboxylic acids is 2. The maximum absolute atomic E-state index is 10.7. The third-order valence-corrected chi connectivity index (χ3v) is 1.88. The first kappa shape index (κ1) is 9.69. The van der Waals surface area contributed by atoms with Crippen molar-refractivity contribution in [1.82, 2.24) is 0 Å². The molecule has 10 heavy (non-hydrogen) atoms. The smallest absolute Gasteiger partial charge is 0.191 e. The molecule has 0 saturated carbocycles. The standard InChI is InChI=1S/C7H12O2S/c1-5(8)4-7(2,3)6(9)10/h4H2,1-3H3,(H,9,10). The summed E-state index contributed by atoms with van der Waals surface area (Å²) in [4.78, 5) is 21.3. The maximum atomic E-state index is 10.7. The summed E-state index contributed by atoms with van der Waals surface area (Å²) in [5, 5.41) is -0.234. The number of hydrogen-bond donors (Lipinski definition) is 1. The Morgan fingerprint density at radius 3 is 1.90 bits per heavy atom. The van der Waals surface area contributed by atoms with Gasteiger partial charge in [0.05, 0.1) is 0 Å². The molecule has 0 unspecified atom stereocenters. The van der Waals surface area contributed by atoms with E-state index < -0.39 is 5.41 Å². The molecule has 0 N–H and O–H groups in total. The van der Waals surface area contributed by atoms with E-state index in [2.05, 4.69) is 12.6 Å². The van der Waals surface area contributed by atoms with Gasteiger partial charge < -0.3 is 0 Å². The molecule has 58 valence electrons. The van der Waals surface area contributed by atoms with E-state index >= 15 is 0 Å². The first-order chi connectivity index (χ1) is 4.36. The molecule has 3 heteroatoms. The molecule has 0 amide bonds. The van der Waals surface area contributed by atoms with Gasteiger partial charge in [0, 0.05) is 11.8 Å². The normalized spacial score (nSPS) is 11.2. The lowest BCUT2D eigenvalue weighted by Gasteiger charge is -2.17. The Morgan fingerprint density at radius 1 is 1.40 bits per heavy atom. The van der Waals surface area contributed by atoms with Crippen molar-refractivity contribution >= 4 is 23.5 Å². The van der Waals surface area contributed by atoms with E-state index in [-0.39, 0.29) is 17.3 Å². The second-order valence-electron chi connectivity index (χ2n) is 3.07. The SMILES string of the molecule is CC(=O)CC(C)(C)C(=O)S. The molecule has 2 nitrogen and oxygen atoms in total. The van der Waals surface area contributed by atoms with Crippen LogP contribution in [0, 0.1) is 5.41 Å². The van der Waals surface area contributed by atoms with Gasteiger partial charge >= 0.3 is 0 Å². The van der Waals surface area contributed by atoms with E-state index in [9.17, 15) is 9.59 Å². The van der Waals surface area contributed by atoms with Gasteiger partial charge in [0.2, 0.25) is 0 Å². The van der Waals surface area contributed by atoms with Crippen LogP contribution in [-0.4, -0.2) is 10.9 Å². The first-order valence-electron chi connectivity index (χ1n) is 3.09. The van der Waals surface area contributed by atoms with E-state index in [1.54, 1.807) is 13.8 Å². The van der Waals surface area contributed by atoms with Crippen LogP contribution >= 0.6 is 12.6 Å². The highest BCUT2D eigenvalue weighted by atomic mass is 32.1. The highest BCUT2D eigenvalue weighted by Gasteiger charge is 2.25. The Balaban J connectivity index is 4.13. The van der Waals surface area contributed by atoms with Crippen molar-refractivity contribution in [1.29, 1.82) is 0 Å². The second kappa shape index (κ2) is 3.19. The van der Waals surface area contributed by atoms with Gasteiger partial charge in [0.1, 0.15) is 5.78 Å². The van der Waals surface area contributed by atoms with Crippen molar-refractivity contribution in [2.24, 2.45) is 5.41 Å². The molecule has 0 heterocycles. The van der Waals surface area contributed by atoms with Crippen molar-refractivity contribution < 1.29 is 9.59 Å². The largest absolute Gasteiger partial charge is 0.300 e. The van der Waals surface area contributed by atoms with Crippen LogP contribution in [0.5, 0.6) is 0 Å². The monoisotopic (exact) mass is 160 g/mol. The fourth-order valence-electron chi connectivity index (χ4n) is 0.698. The van der Waals surface area contributed by atoms with E-state index in [4.69, 9.17) is 0 Å². The van der Waals surface area contributed by atoms with Gasteiger partial charge in [-0.3, -0.25) is 9.59 Å². The number of carbonyl (C=O) groups is 2. The van der Waals surface area contributed by atoms with Gasteiger partial charge in [0.25, 0.3) is 0 Å². The van der Waals surface area contributed by atoms with Crippen molar-refractivity contribution in [2.75, 3.05) is 0 Å². The molecule has 0 bridgehead atoms. The topological polar surface area (TPSA) is 34.1 Å². The predicted molar refractivity (Wildman–Crippen MR) is 43.1 cm³/mol. The molecule has 0 radical (unpaired) electrons. The Morgan fingerprint density at radius 2 is 1.80 bits per heavy atom. The van der Waals surface area contributed by atoms with E-state index in [0.717, 1.165) is 0 Å². The summed E-state index contributed by atoms with van der Waals surface area (Å²) in [5.41, 5.74) is -0.602. The molecular weight excluding hydrogens is 148 g/mol. The fraction of sp³-hybridized carbons (Fsp3) is 0.714. The third-order valence-electron chi connectivity index (χ3n) is 1.27. The average Bonchev–Trinajstić information content (AvgIpc) is 1.60. The zero-order chi connectivity index (χ0) is 8.36. The number of ketones is 1. The Hall–Kier alpha value is -0.310. The van der Waals surface area contributed by atoms with Gasteiger partial charge in [-0.05, 0) is 6.92 Å². The van der Waals surface area contributed by atoms with Crippen LogP contribution in [0.25, 0.3) is 0 Å². The minimum absolute atomic E-state index is 0.0207. The van der Waals surface area contributed by atoms with Crippen molar-refractivity contribution in [2.45, 2.75) is 27.2 Å². The van der Waals surface area contributed by atoms with E-state index in [1.165, 1.54) is 6.92 Å². The Bertz CT molecular complexity index is 161. The van der Waals surface area contributed by atoms with Crippen LogP contribution in [-0.2, 0) is 9.59 Å². The van der Waals surface area contributed by atoms with Gasteiger partial charge in [-0.1, -0.05) is 13.8 Å². The highest BCUT2D eigenvalue weighted by Crippen LogP contribution is 2.23. The fourth-order valence-corrected chi connectivity index (χ4v) is 0.777. The van der Waals surface area contributed by atoms with E-state index in [0.29, 0.717) is 0 Å². The predicted octanol–water partition coefficient (Wildman–Crippen LogP) is 1.45. The quantitative estimate of drug-likeness (QED) is 0.634. The third kappa shape index (κ3) is 3.01. The summed E-state index contributed by atoms with van der Waals surface area (Å²) in [6, 6.07) is 0. The molecule has 0 aliphatic heterocycles. The Kier molecular flexibility index (Phi) is 3.09. The van der Waals surface area contributed by atoms with Gasteiger partial charge in [-0.15, -0.1) is 12.6 Å². The molecule has 0 rings (SSSR count). The van der Waals surface area contributed by atoms with Crippen molar-refractivity contribution in [3.63, 3.8) is 0 Å². The highest BCUT2D eigenvalue weighted by molar-refractivity contribution is 7.96. The zero-order valence-corrected chi connectivity index (χ0v) is 7.37. The summed E-state index contributed by atoms with van der Waals surface area (Å²) in [5.74, 6) is 0.0207. The average molecular weight is 160 g/mol. The molecule has 0 aromatic carbocycles. The van der Waals surface area contributed by atoms with Crippen LogP contribution < -0.4 is 0 Å². The number of rotatable bonds is 3. The summed E-state index contributed by atoms with van der Waals surface area (Å²) >= 11 is 3.66. The molecule has 0 spiro atoms.